The van der Waals surface area contributed by atoms with E-state index in [0.717, 1.165) is 6.54 Å². The van der Waals surface area contributed by atoms with Gasteiger partial charge in [0.05, 0.1) is 0 Å². The van der Waals surface area contributed by atoms with Crippen molar-refractivity contribution in [1.82, 2.24) is 9.80 Å². The molecule has 0 radical (unpaired) electrons. The molecule has 1 aliphatic rings. The van der Waals surface area contributed by atoms with Crippen molar-refractivity contribution < 1.29 is 0 Å². The van der Waals surface area contributed by atoms with Crippen LogP contribution in [0.5, 0.6) is 0 Å². The number of nitrogens with zero attached hydrogens (tertiary/aromatic N) is 2. The second kappa shape index (κ2) is 7.63. The van der Waals surface area contributed by atoms with E-state index in [1.165, 1.54) is 51.1 Å². The summed E-state index contributed by atoms with van der Waals surface area (Å²) < 4.78 is 0. The highest BCUT2D eigenvalue weighted by Gasteiger charge is 2.16. The average molecular weight is 261 g/mol. The van der Waals surface area contributed by atoms with Gasteiger partial charge in [-0.3, -0.25) is 4.90 Å². The number of piperazine rings is 1. The number of benzene rings is 1. The Labute approximate surface area is 117 Å². The Morgan fingerprint density at radius 1 is 1.05 bits per heavy atom. The number of rotatable bonds is 6. The van der Waals surface area contributed by atoms with Gasteiger partial charge >= 0.3 is 0 Å². The Morgan fingerprint density at radius 3 is 2.32 bits per heavy atom. The van der Waals surface area contributed by atoms with E-state index in [9.17, 15) is 0 Å². The number of aryl methyl sites for hydroxylation is 1. The SMILES string of the molecule is C[C@H](N)CN1CCN(CCCc2ccccc2)CC1. The van der Waals surface area contributed by atoms with Crippen LogP contribution in [0.2, 0.25) is 0 Å². The van der Waals surface area contributed by atoms with Crippen molar-refractivity contribution in [3.8, 4) is 0 Å². The molecule has 1 heterocycles. The molecule has 106 valence electrons. The molecule has 2 N–H and O–H groups in total. The van der Waals surface area contributed by atoms with Crippen molar-refractivity contribution in [1.29, 1.82) is 0 Å². The molecule has 19 heavy (non-hydrogen) atoms. The lowest BCUT2D eigenvalue weighted by molar-refractivity contribution is 0.127. The topological polar surface area (TPSA) is 32.5 Å². The maximum absolute atomic E-state index is 5.85. The molecule has 0 unspecified atom stereocenters. The van der Waals surface area contributed by atoms with Gasteiger partial charge in [-0.1, -0.05) is 30.3 Å². The Balaban J connectivity index is 1.61. The van der Waals surface area contributed by atoms with E-state index in [1.807, 2.05) is 0 Å². The maximum Gasteiger partial charge on any atom is 0.0139 e. The van der Waals surface area contributed by atoms with E-state index >= 15 is 0 Å². The molecule has 1 aliphatic heterocycles. The maximum atomic E-state index is 5.85. The summed E-state index contributed by atoms with van der Waals surface area (Å²) in [5.41, 5.74) is 7.30. The summed E-state index contributed by atoms with van der Waals surface area (Å²) in [6.45, 7) is 9.09. The lowest BCUT2D eigenvalue weighted by Crippen LogP contribution is -2.49. The fourth-order valence-electron chi connectivity index (χ4n) is 2.75. The Hall–Kier alpha value is -0.900. The number of hydrogen-bond acceptors (Lipinski definition) is 3. The van der Waals surface area contributed by atoms with E-state index < -0.39 is 0 Å². The molecule has 3 heteroatoms. The quantitative estimate of drug-likeness (QED) is 0.844. The molecule has 1 fully saturated rings. The second-order valence-electron chi connectivity index (χ2n) is 5.71. The zero-order valence-electron chi connectivity index (χ0n) is 12.1. The van der Waals surface area contributed by atoms with Gasteiger partial charge in [0.15, 0.2) is 0 Å². The van der Waals surface area contributed by atoms with Gasteiger partial charge in [-0.15, -0.1) is 0 Å². The Morgan fingerprint density at radius 2 is 1.68 bits per heavy atom. The van der Waals surface area contributed by atoms with Crippen LogP contribution in [0.25, 0.3) is 0 Å². The summed E-state index contributed by atoms with van der Waals surface area (Å²) in [5, 5.41) is 0. The van der Waals surface area contributed by atoms with Crippen molar-refractivity contribution in [2.45, 2.75) is 25.8 Å². The molecule has 0 aliphatic carbocycles. The first kappa shape index (κ1) is 14.5. The van der Waals surface area contributed by atoms with Gasteiger partial charge in [0.25, 0.3) is 0 Å². The first-order valence-electron chi connectivity index (χ1n) is 7.48. The van der Waals surface area contributed by atoms with Crippen LogP contribution in [0.15, 0.2) is 30.3 Å². The molecule has 0 saturated carbocycles. The first-order valence-corrected chi connectivity index (χ1v) is 7.48. The molecular formula is C16H27N3. The zero-order valence-corrected chi connectivity index (χ0v) is 12.1. The van der Waals surface area contributed by atoms with Gasteiger partial charge in [-0.05, 0) is 31.9 Å². The standard InChI is InChI=1S/C16H27N3/c1-15(17)14-19-12-10-18(11-13-19)9-5-8-16-6-3-2-4-7-16/h2-4,6-7,15H,5,8-14,17H2,1H3/t15-/m0/s1. The third-order valence-corrected chi connectivity index (χ3v) is 3.79. The number of hydrogen-bond donors (Lipinski definition) is 1. The van der Waals surface area contributed by atoms with Crippen LogP contribution in [-0.2, 0) is 6.42 Å². The molecule has 1 aromatic carbocycles. The molecular weight excluding hydrogens is 234 g/mol. The van der Waals surface area contributed by atoms with Crippen LogP contribution in [0, 0.1) is 0 Å². The highest BCUT2D eigenvalue weighted by molar-refractivity contribution is 5.14. The largest absolute Gasteiger partial charge is 0.327 e. The highest BCUT2D eigenvalue weighted by atomic mass is 15.3. The minimum atomic E-state index is 0.296. The summed E-state index contributed by atoms with van der Waals surface area (Å²) in [6, 6.07) is 11.1. The molecule has 0 bridgehead atoms. The van der Waals surface area contributed by atoms with Crippen molar-refractivity contribution in [2.24, 2.45) is 5.73 Å². The highest BCUT2D eigenvalue weighted by Crippen LogP contribution is 2.06. The fraction of sp³-hybridized carbons (Fsp3) is 0.625. The van der Waals surface area contributed by atoms with Crippen molar-refractivity contribution in [3.63, 3.8) is 0 Å². The van der Waals surface area contributed by atoms with Gasteiger partial charge in [-0.2, -0.15) is 0 Å². The number of nitrogens with two attached hydrogens (primary N) is 1. The van der Waals surface area contributed by atoms with Crippen molar-refractivity contribution >= 4 is 0 Å². The third kappa shape index (κ3) is 5.31. The Bertz CT molecular complexity index is 342. The van der Waals surface area contributed by atoms with E-state index in [-0.39, 0.29) is 0 Å². The fourth-order valence-corrected chi connectivity index (χ4v) is 2.75. The summed E-state index contributed by atoms with van der Waals surface area (Å²) in [5.74, 6) is 0. The molecule has 0 amide bonds. The Kier molecular flexibility index (Phi) is 5.83. The predicted molar refractivity (Wildman–Crippen MR) is 81.3 cm³/mol. The van der Waals surface area contributed by atoms with Gasteiger partial charge in [-0.25, -0.2) is 0 Å². The van der Waals surface area contributed by atoms with Crippen molar-refractivity contribution in [3.05, 3.63) is 35.9 Å². The lowest BCUT2D eigenvalue weighted by Gasteiger charge is -2.35. The molecule has 1 aromatic rings. The molecule has 2 rings (SSSR count). The van der Waals surface area contributed by atoms with E-state index in [2.05, 4.69) is 47.1 Å². The monoisotopic (exact) mass is 261 g/mol. The van der Waals surface area contributed by atoms with Gasteiger partial charge in [0.2, 0.25) is 0 Å². The second-order valence-corrected chi connectivity index (χ2v) is 5.71. The first-order chi connectivity index (χ1) is 9.24. The molecule has 0 spiro atoms. The smallest absolute Gasteiger partial charge is 0.0139 e. The van der Waals surface area contributed by atoms with Gasteiger partial charge in [0, 0.05) is 38.8 Å². The van der Waals surface area contributed by atoms with Crippen LogP contribution in [-0.4, -0.2) is 55.1 Å². The zero-order chi connectivity index (χ0) is 13.5. The predicted octanol–water partition coefficient (Wildman–Crippen LogP) is 1.58. The van der Waals surface area contributed by atoms with Gasteiger partial charge < -0.3 is 10.6 Å². The summed E-state index contributed by atoms with van der Waals surface area (Å²) in [7, 11) is 0. The molecule has 1 saturated heterocycles. The van der Waals surface area contributed by atoms with Crippen LogP contribution in [0.4, 0.5) is 0 Å². The van der Waals surface area contributed by atoms with E-state index in [0.29, 0.717) is 6.04 Å². The van der Waals surface area contributed by atoms with Crippen molar-refractivity contribution in [2.75, 3.05) is 39.3 Å². The summed E-state index contributed by atoms with van der Waals surface area (Å²) in [4.78, 5) is 5.07. The van der Waals surface area contributed by atoms with Crippen LogP contribution >= 0.6 is 0 Å². The minimum absolute atomic E-state index is 0.296. The van der Waals surface area contributed by atoms with Gasteiger partial charge in [0.1, 0.15) is 0 Å². The minimum Gasteiger partial charge on any atom is -0.327 e. The lowest BCUT2D eigenvalue weighted by atomic mass is 10.1. The summed E-state index contributed by atoms with van der Waals surface area (Å²) in [6.07, 6.45) is 2.46. The van der Waals surface area contributed by atoms with E-state index in [1.54, 1.807) is 0 Å². The van der Waals surface area contributed by atoms with E-state index in [4.69, 9.17) is 5.73 Å². The normalized spacial score (nSPS) is 19.5. The third-order valence-electron chi connectivity index (χ3n) is 3.79. The average Bonchev–Trinajstić information content (AvgIpc) is 2.41. The molecule has 3 nitrogen and oxygen atoms in total. The molecule has 1 atom stereocenters. The van der Waals surface area contributed by atoms with Crippen LogP contribution < -0.4 is 5.73 Å². The van der Waals surface area contributed by atoms with Crippen LogP contribution in [0.1, 0.15) is 18.9 Å². The molecule has 0 aromatic heterocycles. The summed E-state index contributed by atoms with van der Waals surface area (Å²) >= 11 is 0. The van der Waals surface area contributed by atoms with Crippen LogP contribution in [0.3, 0.4) is 0 Å².